The number of ether oxygens (including phenoxy) is 4. The second-order valence-electron chi connectivity index (χ2n) is 8.23. The molecule has 0 bridgehead atoms. The maximum absolute atomic E-state index is 12.5. The van der Waals surface area contributed by atoms with Crippen LogP contribution in [0.15, 0.2) is 51.7 Å². The van der Waals surface area contributed by atoms with Crippen LogP contribution in [0.2, 0.25) is 0 Å². The van der Waals surface area contributed by atoms with Gasteiger partial charge in [0.1, 0.15) is 24.4 Å². The standard InChI is InChI=1S/C26H25NO6/c1-15-23-17(11-20-18-7-5-6-8-19(18)26(28)33-24(15)20)13-27(14-32-23)12-16-9-21(29-2)25(31-4)22(10-16)30-3/h5-11H,12-14H2,1-4H3/p+1. The zero-order chi connectivity index (χ0) is 23.1. The molecule has 0 radical (unpaired) electrons. The van der Waals surface area contributed by atoms with Gasteiger partial charge >= 0.3 is 5.63 Å². The third-order valence-corrected chi connectivity index (χ3v) is 6.21. The predicted molar refractivity (Wildman–Crippen MR) is 125 cm³/mol. The second-order valence-corrected chi connectivity index (χ2v) is 8.23. The average Bonchev–Trinajstić information content (AvgIpc) is 2.84. The van der Waals surface area contributed by atoms with Crippen molar-refractivity contribution in [2.45, 2.75) is 20.0 Å². The Kier molecular flexibility index (Phi) is 5.34. The second kappa shape index (κ2) is 8.33. The molecular weight excluding hydrogens is 422 g/mol. The first-order valence-electron chi connectivity index (χ1n) is 10.8. The molecule has 33 heavy (non-hydrogen) atoms. The lowest BCUT2D eigenvalue weighted by Gasteiger charge is -2.28. The Bertz CT molecular complexity index is 1400. The van der Waals surface area contributed by atoms with Gasteiger partial charge in [-0.05, 0) is 36.6 Å². The summed E-state index contributed by atoms with van der Waals surface area (Å²) in [5, 5.41) is 2.41. The van der Waals surface area contributed by atoms with E-state index in [4.69, 9.17) is 23.4 Å². The summed E-state index contributed by atoms with van der Waals surface area (Å²) in [7, 11) is 4.83. The van der Waals surface area contributed by atoms with Crippen molar-refractivity contribution in [1.82, 2.24) is 0 Å². The van der Waals surface area contributed by atoms with Crippen LogP contribution in [-0.4, -0.2) is 28.1 Å². The van der Waals surface area contributed by atoms with E-state index in [0.717, 1.165) is 46.3 Å². The molecule has 0 aliphatic carbocycles. The molecular formula is C26H26NO6+. The summed E-state index contributed by atoms with van der Waals surface area (Å²) in [6.45, 7) is 3.94. The van der Waals surface area contributed by atoms with Crippen molar-refractivity contribution < 1.29 is 28.3 Å². The van der Waals surface area contributed by atoms with Crippen molar-refractivity contribution in [3.8, 4) is 23.0 Å². The molecule has 1 atom stereocenters. The molecule has 1 aliphatic heterocycles. The smallest absolute Gasteiger partial charge is 0.344 e. The number of quaternary nitrogens is 1. The number of hydrogen-bond acceptors (Lipinski definition) is 6. The lowest BCUT2D eigenvalue weighted by atomic mass is 10.00. The van der Waals surface area contributed by atoms with E-state index in [1.165, 1.54) is 4.90 Å². The van der Waals surface area contributed by atoms with Crippen LogP contribution in [0.4, 0.5) is 0 Å². The average molecular weight is 448 g/mol. The molecule has 2 heterocycles. The molecule has 4 aromatic rings. The molecule has 3 aromatic carbocycles. The van der Waals surface area contributed by atoms with Crippen LogP contribution in [0.3, 0.4) is 0 Å². The molecule has 5 rings (SSSR count). The van der Waals surface area contributed by atoms with Gasteiger partial charge in [0.15, 0.2) is 11.5 Å². The van der Waals surface area contributed by atoms with Gasteiger partial charge in [0.2, 0.25) is 12.5 Å². The minimum atomic E-state index is -0.327. The van der Waals surface area contributed by atoms with E-state index in [1.807, 2.05) is 37.3 Å². The van der Waals surface area contributed by atoms with Crippen molar-refractivity contribution >= 4 is 21.7 Å². The van der Waals surface area contributed by atoms with E-state index in [0.29, 0.717) is 34.9 Å². The van der Waals surface area contributed by atoms with Gasteiger partial charge in [-0.15, -0.1) is 0 Å². The van der Waals surface area contributed by atoms with E-state index >= 15 is 0 Å². The van der Waals surface area contributed by atoms with E-state index in [9.17, 15) is 4.79 Å². The fourth-order valence-electron chi connectivity index (χ4n) is 4.69. The molecule has 0 fully saturated rings. The van der Waals surface area contributed by atoms with Crippen molar-refractivity contribution in [3.63, 3.8) is 0 Å². The highest BCUT2D eigenvalue weighted by molar-refractivity contribution is 6.06. The highest BCUT2D eigenvalue weighted by Gasteiger charge is 2.26. The van der Waals surface area contributed by atoms with E-state index in [1.54, 1.807) is 27.4 Å². The topological polar surface area (TPSA) is 71.6 Å². The van der Waals surface area contributed by atoms with Crippen LogP contribution in [0.1, 0.15) is 16.7 Å². The summed E-state index contributed by atoms with van der Waals surface area (Å²) in [5.41, 5.74) is 3.27. The third kappa shape index (κ3) is 3.54. The van der Waals surface area contributed by atoms with Crippen LogP contribution in [-0.2, 0) is 13.1 Å². The van der Waals surface area contributed by atoms with Gasteiger partial charge in [-0.3, -0.25) is 4.90 Å². The van der Waals surface area contributed by atoms with Gasteiger partial charge in [-0.2, -0.15) is 0 Å². The molecule has 1 N–H and O–H groups in total. The summed E-state index contributed by atoms with van der Waals surface area (Å²) in [6, 6.07) is 13.6. The number of methoxy groups -OCH3 is 3. The highest BCUT2D eigenvalue weighted by atomic mass is 16.5. The first-order valence-corrected chi connectivity index (χ1v) is 10.8. The maximum Gasteiger partial charge on any atom is 0.344 e. The fraction of sp³-hybridized carbons (Fsp3) is 0.269. The largest absolute Gasteiger partial charge is 0.493 e. The SMILES string of the molecule is COc1cc(C[NH+]2COc3c(cc4c(oc(=O)c5ccccc54)c3C)C2)cc(OC)c1OC. The zero-order valence-corrected chi connectivity index (χ0v) is 19.1. The van der Waals surface area contributed by atoms with Crippen molar-refractivity contribution in [3.05, 3.63) is 69.6 Å². The number of rotatable bonds is 5. The molecule has 7 heteroatoms. The normalized spacial score (nSPS) is 15.2. The predicted octanol–water partition coefficient (Wildman–Crippen LogP) is 3.22. The number of nitrogens with one attached hydrogen (secondary N) is 1. The molecule has 0 saturated carbocycles. The Balaban J connectivity index is 1.53. The highest BCUT2D eigenvalue weighted by Crippen LogP contribution is 2.38. The Morgan fingerprint density at radius 2 is 1.64 bits per heavy atom. The van der Waals surface area contributed by atoms with Crippen molar-refractivity contribution in [2.24, 2.45) is 0 Å². The van der Waals surface area contributed by atoms with Gasteiger partial charge in [0.25, 0.3) is 0 Å². The number of benzene rings is 3. The number of aryl methyl sites for hydroxylation is 1. The molecule has 170 valence electrons. The van der Waals surface area contributed by atoms with E-state index in [-0.39, 0.29) is 5.63 Å². The molecule has 1 aromatic heterocycles. The minimum absolute atomic E-state index is 0.327. The summed E-state index contributed by atoms with van der Waals surface area (Å²) in [5.74, 6) is 2.64. The minimum Gasteiger partial charge on any atom is -0.493 e. The van der Waals surface area contributed by atoms with E-state index < -0.39 is 0 Å². The molecule has 1 aliphatic rings. The summed E-state index contributed by atoms with van der Waals surface area (Å²) in [4.78, 5) is 13.7. The van der Waals surface area contributed by atoms with Crippen LogP contribution >= 0.6 is 0 Å². The molecule has 1 unspecified atom stereocenters. The first-order chi connectivity index (χ1) is 16.0. The van der Waals surface area contributed by atoms with Crippen LogP contribution in [0.5, 0.6) is 23.0 Å². The lowest BCUT2D eigenvalue weighted by molar-refractivity contribution is -0.945. The monoisotopic (exact) mass is 448 g/mol. The van der Waals surface area contributed by atoms with Gasteiger partial charge in [-0.1, -0.05) is 18.2 Å². The Morgan fingerprint density at radius 1 is 0.939 bits per heavy atom. The summed E-state index contributed by atoms with van der Waals surface area (Å²) in [6.07, 6.45) is 0. The van der Waals surface area contributed by atoms with Crippen LogP contribution in [0, 0.1) is 6.92 Å². The summed E-state index contributed by atoms with van der Waals surface area (Å²) >= 11 is 0. The molecule has 0 saturated heterocycles. The van der Waals surface area contributed by atoms with E-state index in [2.05, 4.69) is 6.07 Å². The molecule has 7 nitrogen and oxygen atoms in total. The Morgan fingerprint density at radius 3 is 2.30 bits per heavy atom. The van der Waals surface area contributed by atoms with Crippen LogP contribution in [0.25, 0.3) is 21.7 Å². The fourth-order valence-corrected chi connectivity index (χ4v) is 4.69. The van der Waals surface area contributed by atoms with Crippen molar-refractivity contribution in [2.75, 3.05) is 28.1 Å². The summed E-state index contributed by atoms with van der Waals surface area (Å²) < 4.78 is 28.3. The van der Waals surface area contributed by atoms with Gasteiger partial charge in [-0.25, -0.2) is 4.79 Å². The number of fused-ring (bicyclic) bond motifs is 4. The maximum atomic E-state index is 12.5. The van der Waals surface area contributed by atoms with Crippen LogP contribution < -0.4 is 29.5 Å². The first kappa shape index (κ1) is 21.2. The molecule has 0 spiro atoms. The van der Waals surface area contributed by atoms with Gasteiger partial charge in [0.05, 0.1) is 26.7 Å². The Hall–Kier alpha value is -3.71. The quantitative estimate of drug-likeness (QED) is 0.374. The van der Waals surface area contributed by atoms with Crippen molar-refractivity contribution in [1.29, 1.82) is 0 Å². The molecule has 0 amide bonds. The lowest BCUT2D eigenvalue weighted by Crippen LogP contribution is -3.10. The Labute approximate surface area is 191 Å². The number of hydrogen-bond donors (Lipinski definition) is 1. The zero-order valence-electron chi connectivity index (χ0n) is 19.1. The van der Waals surface area contributed by atoms with Gasteiger partial charge < -0.3 is 23.4 Å². The third-order valence-electron chi connectivity index (χ3n) is 6.21. The van der Waals surface area contributed by atoms with Gasteiger partial charge in [0, 0.05) is 22.1 Å².